The van der Waals surface area contributed by atoms with Gasteiger partial charge in [0.15, 0.2) is 0 Å². The van der Waals surface area contributed by atoms with Gasteiger partial charge in [0, 0.05) is 6.42 Å². The summed E-state index contributed by atoms with van der Waals surface area (Å²) in [5.41, 5.74) is 4.20. The van der Waals surface area contributed by atoms with E-state index in [-0.39, 0.29) is 0 Å². The first-order valence-electron chi connectivity index (χ1n) is 8.25. The molecule has 22 heavy (non-hydrogen) atoms. The second-order valence-corrected chi connectivity index (χ2v) is 6.00. The summed E-state index contributed by atoms with van der Waals surface area (Å²) in [7, 11) is 0. The monoisotopic (exact) mass is 296 g/mol. The van der Waals surface area contributed by atoms with E-state index in [2.05, 4.69) is 37.3 Å². The lowest BCUT2D eigenvalue weighted by molar-refractivity contribution is 0.247. The Bertz CT molecular complexity index is 619. The molecular formula is C20H24O2. The van der Waals surface area contributed by atoms with E-state index >= 15 is 0 Å². The number of ether oxygens (including phenoxy) is 2. The van der Waals surface area contributed by atoms with E-state index in [1.54, 1.807) is 0 Å². The third kappa shape index (κ3) is 4.03. The van der Waals surface area contributed by atoms with Crippen molar-refractivity contribution in [2.45, 2.75) is 39.0 Å². The van der Waals surface area contributed by atoms with Gasteiger partial charge in [0.1, 0.15) is 11.5 Å². The van der Waals surface area contributed by atoms with E-state index in [1.807, 2.05) is 12.1 Å². The summed E-state index contributed by atoms with van der Waals surface area (Å²) in [5, 5.41) is 0. The van der Waals surface area contributed by atoms with Crippen LogP contribution in [0.1, 0.15) is 36.0 Å². The van der Waals surface area contributed by atoms with Crippen LogP contribution < -0.4 is 9.47 Å². The third-order valence-electron chi connectivity index (χ3n) is 4.14. The standard InChI is InChI=1S/C20H24O2/c1-16-6-4-9-19(14-16)21-12-5-13-22-20-11-10-17-7-2-3-8-18(17)15-20/h4,6,9-11,14-15H,2-3,5,7-8,12-13H2,1H3. The number of benzene rings is 2. The molecule has 0 amide bonds. The highest BCUT2D eigenvalue weighted by atomic mass is 16.5. The molecule has 2 nitrogen and oxygen atoms in total. The van der Waals surface area contributed by atoms with Crippen molar-refractivity contribution in [3.63, 3.8) is 0 Å². The van der Waals surface area contributed by atoms with Gasteiger partial charge in [-0.1, -0.05) is 18.2 Å². The molecule has 0 heterocycles. The predicted octanol–water partition coefficient (Wildman–Crippen LogP) is 4.72. The maximum atomic E-state index is 5.85. The summed E-state index contributed by atoms with van der Waals surface area (Å²) in [6.45, 7) is 3.46. The van der Waals surface area contributed by atoms with E-state index in [1.165, 1.54) is 42.4 Å². The van der Waals surface area contributed by atoms with Crippen LogP contribution in [-0.2, 0) is 12.8 Å². The molecule has 1 aliphatic carbocycles. The van der Waals surface area contributed by atoms with Crippen LogP contribution in [0.3, 0.4) is 0 Å². The quantitative estimate of drug-likeness (QED) is 0.718. The van der Waals surface area contributed by atoms with Crippen molar-refractivity contribution < 1.29 is 9.47 Å². The molecule has 0 N–H and O–H groups in total. The molecule has 2 aromatic rings. The van der Waals surface area contributed by atoms with Crippen LogP contribution in [0.5, 0.6) is 11.5 Å². The van der Waals surface area contributed by atoms with Crippen LogP contribution in [0, 0.1) is 6.92 Å². The summed E-state index contributed by atoms with van der Waals surface area (Å²) in [5.74, 6) is 1.94. The van der Waals surface area contributed by atoms with Gasteiger partial charge in [-0.05, 0) is 73.6 Å². The molecule has 2 heteroatoms. The van der Waals surface area contributed by atoms with Crippen LogP contribution in [0.4, 0.5) is 0 Å². The van der Waals surface area contributed by atoms with Gasteiger partial charge in [-0.3, -0.25) is 0 Å². The Balaban J connectivity index is 1.41. The molecule has 1 aliphatic rings. The Morgan fingerprint density at radius 2 is 1.55 bits per heavy atom. The molecule has 116 valence electrons. The number of hydrogen-bond donors (Lipinski definition) is 0. The second-order valence-electron chi connectivity index (χ2n) is 6.00. The van der Waals surface area contributed by atoms with Gasteiger partial charge >= 0.3 is 0 Å². The topological polar surface area (TPSA) is 18.5 Å². The fourth-order valence-corrected chi connectivity index (χ4v) is 2.94. The van der Waals surface area contributed by atoms with Gasteiger partial charge in [-0.15, -0.1) is 0 Å². The highest BCUT2D eigenvalue weighted by Crippen LogP contribution is 2.25. The van der Waals surface area contributed by atoms with Gasteiger partial charge < -0.3 is 9.47 Å². The number of fused-ring (bicyclic) bond motifs is 1. The van der Waals surface area contributed by atoms with E-state index in [0.717, 1.165) is 17.9 Å². The van der Waals surface area contributed by atoms with E-state index in [9.17, 15) is 0 Å². The smallest absolute Gasteiger partial charge is 0.119 e. The Kier molecular flexibility index (Phi) is 4.99. The van der Waals surface area contributed by atoms with Crippen molar-refractivity contribution in [2.24, 2.45) is 0 Å². The SMILES string of the molecule is Cc1cccc(OCCCOc2ccc3c(c2)CCCC3)c1. The lowest BCUT2D eigenvalue weighted by atomic mass is 9.92. The van der Waals surface area contributed by atoms with Crippen LogP contribution >= 0.6 is 0 Å². The Labute approximate surface area is 133 Å². The number of aryl methyl sites for hydroxylation is 3. The molecule has 0 aromatic heterocycles. The van der Waals surface area contributed by atoms with Gasteiger partial charge in [-0.25, -0.2) is 0 Å². The van der Waals surface area contributed by atoms with Gasteiger partial charge in [0.2, 0.25) is 0 Å². The molecule has 0 radical (unpaired) electrons. The first-order chi connectivity index (χ1) is 10.8. The largest absolute Gasteiger partial charge is 0.493 e. The maximum Gasteiger partial charge on any atom is 0.119 e. The average Bonchev–Trinajstić information content (AvgIpc) is 2.54. The van der Waals surface area contributed by atoms with E-state index in [0.29, 0.717) is 13.2 Å². The van der Waals surface area contributed by atoms with E-state index < -0.39 is 0 Å². The van der Waals surface area contributed by atoms with Crippen molar-refractivity contribution in [2.75, 3.05) is 13.2 Å². The predicted molar refractivity (Wildman–Crippen MR) is 89.9 cm³/mol. The fourth-order valence-electron chi connectivity index (χ4n) is 2.94. The third-order valence-corrected chi connectivity index (χ3v) is 4.14. The van der Waals surface area contributed by atoms with Crippen molar-refractivity contribution in [1.82, 2.24) is 0 Å². The molecule has 0 saturated heterocycles. The van der Waals surface area contributed by atoms with Gasteiger partial charge in [0.25, 0.3) is 0 Å². The second kappa shape index (κ2) is 7.35. The van der Waals surface area contributed by atoms with Crippen molar-refractivity contribution >= 4 is 0 Å². The van der Waals surface area contributed by atoms with Crippen LogP contribution in [0.2, 0.25) is 0 Å². The van der Waals surface area contributed by atoms with Gasteiger partial charge in [-0.2, -0.15) is 0 Å². The Morgan fingerprint density at radius 3 is 2.32 bits per heavy atom. The van der Waals surface area contributed by atoms with Crippen molar-refractivity contribution in [1.29, 1.82) is 0 Å². The zero-order chi connectivity index (χ0) is 15.2. The summed E-state index contributed by atoms with van der Waals surface area (Å²) in [6, 6.07) is 14.7. The fraction of sp³-hybridized carbons (Fsp3) is 0.400. The van der Waals surface area contributed by atoms with Crippen LogP contribution in [0.15, 0.2) is 42.5 Å². The first-order valence-corrected chi connectivity index (χ1v) is 8.25. The van der Waals surface area contributed by atoms with E-state index in [4.69, 9.17) is 9.47 Å². The highest BCUT2D eigenvalue weighted by Gasteiger charge is 2.09. The summed E-state index contributed by atoms with van der Waals surface area (Å²) < 4.78 is 11.6. The maximum absolute atomic E-state index is 5.85. The molecular weight excluding hydrogens is 272 g/mol. The average molecular weight is 296 g/mol. The molecule has 0 bridgehead atoms. The first kappa shape index (κ1) is 15.0. The molecule has 3 rings (SSSR count). The minimum absolute atomic E-state index is 0.689. The lowest BCUT2D eigenvalue weighted by Crippen LogP contribution is -2.06. The normalized spacial score (nSPS) is 13.5. The Hall–Kier alpha value is -1.96. The molecule has 0 spiro atoms. The summed E-state index contributed by atoms with van der Waals surface area (Å²) in [6.07, 6.45) is 5.94. The van der Waals surface area contributed by atoms with Crippen molar-refractivity contribution in [3.05, 3.63) is 59.2 Å². The molecule has 0 atom stereocenters. The van der Waals surface area contributed by atoms with Gasteiger partial charge in [0.05, 0.1) is 13.2 Å². The minimum atomic E-state index is 0.689. The molecule has 0 aliphatic heterocycles. The molecule has 2 aromatic carbocycles. The highest BCUT2D eigenvalue weighted by molar-refractivity contribution is 5.37. The summed E-state index contributed by atoms with van der Waals surface area (Å²) >= 11 is 0. The minimum Gasteiger partial charge on any atom is -0.493 e. The van der Waals surface area contributed by atoms with Crippen LogP contribution in [0.25, 0.3) is 0 Å². The molecule has 0 saturated carbocycles. The Morgan fingerprint density at radius 1 is 0.818 bits per heavy atom. The summed E-state index contributed by atoms with van der Waals surface area (Å²) in [4.78, 5) is 0. The molecule has 0 unspecified atom stereocenters. The zero-order valence-electron chi connectivity index (χ0n) is 13.3. The zero-order valence-corrected chi connectivity index (χ0v) is 13.3. The van der Waals surface area contributed by atoms with Crippen molar-refractivity contribution in [3.8, 4) is 11.5 Å². The number of hydrogen-bond acceptors (Lipinski definition) is 2. The molecule has 0 fully saturated rings. The van der Waals surface area contributed by atoms with Crippen LogP contribution in [-0.4, -0.2) is 13.2 Å². The lowest BCUT2D eigenvalue weighted by Gasteiger charge is -2.16. The number of rotatable bonds is 6.